The van der Waals surface area contributed by atoms with E-state index < -0.39 is 6.36 Å². The van der Waals surface area contributed by atoms with Crippen LogP contribution in [0.1, 0.15) is 31.7 Å². The van der Waals surface area contributed by atoms with E-state index in [9.17, 15) is 13.2 Å². The standard InChI is InChI=1S/C15H18F3NO/c1-11(5-4-10-19-12-8-9-12)13-6-2-3-7-14(13)20-15(16,17)18/h2-3,5-7,12,19H,4,8-10H2,1H3. The van der Waals surface area contributed by atoms with Crippen molar-refractivity contribution in [1.29, 1.82) is 0 Å². The number of hydrogen-bond acceptors (Lipinski definition) is 2. The highest BCUT2D eigenvalue weighted by atomic mass is 19.4. The van der Waals surface area contributed by atoms with Crippen LogP contribution in [0.25, 0.3) is 5.57 Å². The van der Waals surface area contributed by atoms with Gasteiger partial charge in [-0.05, 0) is 44.4 Å². The first kappa shape index (κ1) is 14.9. The summed E-state index contributed by atoms with van der Waals surface area (Å²) in [6, 6.07) is 6.86. The molecule has 0 aliphatic heterocycles. The third kappa shape index (κ3) is 4.89. The van der Waals surface area contributed by atoms with E-state index >= 15 is 0 Å². The summed E-state index contributed by atoms with van der Waals surface area (Å²) >= 11 is 0. The molecule has 0 saturated heterocycles. The molecule has 0 aromatic heterocycles. The molecule has 1 fully saturated rings. The molecular formula is C15H18F3NO. The Morgan fingerprint density at radius 1 is 1.35 bits per heavy atom. The van der Waals surface area contributed by atoms with E-state index in [1.54, 1.807) is 19.1 Å². The van der Waals surface area contributed by atoms with Gasteiger partial charge in [0.05, 0.1) is 0 Å². The van der Waals surface area contributed by atoms with Crippen molar-refractivity contribution in [2.45, 2.75) is 38.6 Å². The molecule has 2 rings (SSSR count). The zero-order valence-electron chi connectivity index (χ0n) is 11.3. The molecule has 0 amide bonds. The molecule has 1 aromatic carbocycles. The summed E-state index contributed by atoms with van der Waals surface area (Å²) in [4.78, 5) is 0. The highest BCUT2D eigenvalue weighted by Gasteiger charge is 2.32. The SMILES string of the molecule is CC(=CCCNC1CC1)c1ccccc1OC(F)(F)F. The molecule has 110 valence electrons. The van der Waals surface area contributed by atoms with Crippen LogP contribution in [0.5, 0.6) is 5.75 Å². The molecule has 1 saturated carbocycles. The van der Waals surface area contributed by atoms with Gasteiger partial charge >= 0.3 is 6.36 Å². The largest absolute Gasteiger partial charge is 0.573 e. The van der Waals surface area contributed by atoms with Gasteiger partial charge in [-0.25, -0.2) is 0 Å². The van der Waals surface area contributed by atoms with Gasteiger partial charge in [0.25, 0.3) is 0 Å². The molecule has 1 N–H and O–H groups in total. The lowest BCUT2D eigenvalue weighted by atomic mass is 10.1. The Labute approximate surface area is 116 Å². The van der Waals surface area contributed by atoms with Crippen LogP contribution < -0.4 is 10.1 Å². The van der Waals surface area contributed by atoms with Crippen LogP contribution in [0.15, 0.2) is 30.3 Å². The van der Waals surface area contributed by atoms with E-state index in [1.165, 1.54) is 25.0 Å². The van der Waals surface area contributed by atoms with Crippen LogP contribution in [0.3, 0.4) is 0 Å². The van der Waals surface area contributed by atoms with Crippen LogP contribution in [0.4, 0.5) is 13.2 Å². The Morgan fingerprint density at radius 3 is 2.70 bits per heavy atom. The maximum atomic E-state index is 12.3. The molecule has 0 atom stereocenters. The van der Waals surface area contributed by atoms with Crippen molar-refractivity contribution in [3.8, 4) is 5.75 Å². The summed E-state index contributed by atoms with van der Waals surface area (Å²) in [6.07, 6.45) is 0.524. The van der Waals surface area contributed by atoms with Gasteiger partial charge in [-0.1, -0.05) is 24.3 Å². The van der Waals surface area contributed by atoms with Crippen molar-refractivity contribution in [3.05, 3.63) is 35.9 Å². The second-order valence-electron chi connectivity index (χ2n) is 4.95. The number of nitrogens with one attached hydrogen (secondary N) is 1. The molecule has 0 spiro atoms. The maximum absolute atomic E-state index is 12.3. The Bertz CT molecular complexity index is 478. The lowest BCUT2D eigenvalue weighted by molar-refractivity contribution is -0.274. The summed E-state index contributed by atoms with van der Waals surface area (Å²) in [6.45, 7) is 2.65. The van der Waals surface area contributed by atoms with Crippen molar-refractivity contribution in [2.75, 3.05) is 6.54 Å². The molecule has 0 unspecified atom stereocenters. The molecule has 20 heavy (non-hydrogen) atoms. The predicted molar refractivity (Wildman–Crippen MR) is 72.4 cm³/mol. The molecule has 0 heterocycles. The number of halogens is 3. The third-order valence-electron chi connectivity index (χ3n) is 3.14. The van der Waals surface area contributed by atoms with Crippen molar-refractivity contribution in [3.63, 3.8) is 0 Å². The van der Waals surface area contributed by atoms with Gasteiger partial charge in [0, 0.05) is 11.6 Å². The molecular weight excluding hydrogens is 267 g/mol. The molecule has 2 nitrogen and oxygen atoms in total. The first-order valence-corrected chi connectivity index (χ1v) is 6.71. The summed E-state index contributed by atoms with van der Waals surface area (Å²) in [5.74, 6) is -0.149. The molecule has 0 radical (unpaired) electrons. The number of benzene rings is 1. The lowest BCUT2D eigenvalue weighted by Crippen LogP contribution is -2.18. The topological polar surface area (TPSA) is 21.3 Å². The van der Waals surface area contributed by atoms with Crippen molar-refractivity contribution < 1.29 is 17.9 Å². The second kappa shape index (κ2) is 6.31. The van der Waals surface area contributed by atoms with E-state index in [1.807, 2.05) is 6.08 Å². The number of allylic oxidation sites excluding steroid dienone is 1. The van der Waals surface area contributed by atoms with E-state index in [4.69, 9.17) is 0 Å². The average Bonchev–Trinajstić information content (AvgIpc) is 3.17. The summed E-state index contributed by atoms with van der Waals surface area (Å²) in [7, 11) is 0. The number of ether oxygens (including phenoxy) is 1. The van der Waals surface area contributed by atoms with Crippen molar-refractivity contribution >= 4 is 5.57 Å². The number of hydrogen-bond donors (Lipinski definition) is 1. The van der Waals surface area contributed by atoms with Gasteiger partial charge in [0.15, 0.2) is 0 Å². The van der Waals surface area contributed by atoms with Crippen molar-refractivity contribution in [2.24, 2.45) is 0 Å². The van der Waals surface area contributed by atoms with E-state index in [-0.39, 0.29) is 5.75 Å². The Kier molecular flexibility index (Phi) is 4.70. The summed E-state index contributed by atoms with van der Waals surface area (Å²) < 4.78 is 41.1. The fourth-order valence-electron chi connectivity index (χ4n) is 1.98. The molecule has 1 aliphatic carbocycles. The highest BCUT2D eigenvalue weighted by molar-refractivity contribution is 5.68. The van der Waals surface area contributed by atoms with Crippen LogP contribution >= 0.6 is 0 Å². The molecule has 1 aliphatic rings. The van der Waals surface area contributed by atoms with Crippen LogP contribution in [-0.2, 0) is 0 Å². The quantitative estimate of drug-likeness (QED) is 0.793. The minimum absolute atomic E-state index is 0.149. The minimum atomic E-state index is -4.66. The second-order valence-corrected chi connectivity index (χ2v) is 4.95. The molecule has 5 heteroatoms. The maximum Gasteiger partial charge on any atom is 0.573 e. The monoisotopic (exact) mass is 285 g/mol. The minimum Gasteiger partial charge on any atom is -0.405 e. The van der Waals surface area contributed by atoms with E-state index in [0.717, 1.165) is 18.5 Å². The normalized spacial score (nSPS) is 16.3. The van der Waals surface area contributed by atoms with Gasteiger partial charge in [0.1, 0.15) is 5.75 Å². The fraction of sp³-hybridized carbons (Fsp3) is 0.467. The highest BCUT2D eigenvalue weighted by Crippen LogP contribution is 2.30. The average molecular weight is 285 g/mol. The zero-order valence-corrected chi connectivity index (χ0v) is 11.3. The van der Waals surface area contributed by atoms with Gasteiger partial charge in [-0.3, -0.25) is 0 Å². The van der Waals surface area contributed by atoms with Gasteiger partial charge < -0.3 is 10.1 Å². The van der Waals surface area contributed by atoms with E-state index in [0.29, 0.717) is 11.6 Å². The van der Waals surface area contributed by atoms with E-state index in [2.05, 4.69) is 10.1 Å². The first-order valence-electron chi connectivity index (χ1n) is 6.71. The Hall–Kier alpha value is -1.49. The predicted octanol–water partition coefficient (Wildman–Crippen LogP) is 4.13. The van der Waals surface area contributed by atoms with Crippen LogP contribution in [-0.4, -0.2) is 18.9 Å². The molecule has 0 bridgehead atoms. The Balaban J connectivity index is 1.99. The van der Waals surface area contributed by atoms with Gasteiger partial charge in [-0.15, -0.1) is 13.2 Å². The smallest absolute Gasteiger partial charge is 0.405 e. The van der Waals surface area contributed by atoms with Crippen LogP contribution in [0, 0.1) is 0 Å². The third-order valence-corrected chi connectivity index (χ3v) is 3.14. The summed E-state index contributed by atoms with van der Waals surface area (Å²) in [5, 5.41) is 3.36. The van der Waals surface area contributed by atoms with Gasteiger partial charge in [0.2, 0.25) is 0 Å². The first-order chi connectivity index (χ1) is 9.46. The van der Waals surface area contributed by atoms with Gasteiger partial charge in [-0.2, -0.15) is 0 Å². The number of para-hydroxylation sites is 1. The molecule has 1 aromatic rings. The van der Waals surface area contributed by atoms with Crippen molar-refractivity contribution in [1.82, 2.24) is 5.32 Å². The Morgan fingerprint density at radius 2 is 2.05 bits per heavy atom. The zero-order chi connectivity index (χ0) is 14.6. The van der Waals surface area contributed by atoms with Crippen LogP contribution in [0.2, 0.25) is 0 Å². The fourth-order valence-corrected chi connectivity index (χ4v) is 1.98. The lowest BCUT2D eigenvalue weighted by Gasteiger charge is -2.13. The number of alkyl halides is 3. The number of rotatable bonds is 6. The summed E-state index contributed by atoms with van der Waals surface area (Å²) in [5.41, 5.74) is 1.28.